The average Bonchev–Trinajstić information content (AvgIpc) is 3.30. The molecule has 0 aliphatic carbocycles. The number of carboxylic acids is 1. The molecule has 8 nitrogen and oxygen atoms in total. The van der Waals surface area contributed by atoms with Crippen LogP contribution in [-0.4, -0.2) is 62.4 Å². The van der Waals surface area contributed by atoms with E-state index in [1.807, 2.05) is 43.8 Å². The largest absolute Gasteiger partial charge is 0.497 e. The van der Waals surface area contributed by atoms with E-state index in [9.17, 15) is 15.0 Å². The molecule has 0 amide bonds. The molecule has 1 fully saturated rings. The second-order valence-corrected chi connectivity index (χ2v) is 10.0. The summed E-state index contributed by atoms with van der Waals surface area (Å²) in [5, 5.41) is 21.3. The highest BCUT2D eigenvalue weighted by Crippen LogP contribution is 2.35. The highest BCUT2D eigenvalue weighted by atomic mass is 16.5. The average molecular weight is 495 g/mol. The number of aliphatic hydroxyl groups excluding tert-OH is 1. The molecule has 3 atom stereocenters. The number of benzene rings is 1. The molecule has 0 bridgehead atoms. The lowest BCUT2D eigenvalue weighted by Crippen LogP contribution is -2.41. The van der Waals surface area contributed by atoms with E-state index in [-0.39, 0.29) is 6.42 Å². The minimum atomic E-state index is -0.737. The van der Waals surface area contributed by atoms with Crippen LogP contribution in [0, 0.1) is 11.8 Å². The maximum Gasteiger partial charge on any atom is 0.303 e. The van der Waals surface area contributed by atoms with Crippen LogP contribution in [0.2, 0.25) is 0 Å². The van der Waals surface area contributed by atoms with Crippen molar-refractivity contribution in [1.82, 2.24) is 19.4 Å². The number of aliphatic hydroxyl groups is 1. The van der Waals surface area contributed by atoms with E-state index in [1.54, 1.807) is 13.3 Å². The number of pyridine rings is 1. The van der Waals surface area contributed by atoms with Crippen molar-refractivity contribution in [3.8, 4) is 5.75 Å². The minimum Gasteiger partial charge on any atom is -0.497 e. The van der Waals surface area contributed by atoms with Gasteiger partial charge in [0.15, 0.2) is 0 Å². The lowest BCUT2D eigenvalue weighted by Gasteiger charge is -2.39. The van der Waals surface area contributed by atoms with E-state index in [0.717, 1.165) is 67.5 Å². The van der Waals surface area contributed by atoms with Crippen molar-refractivity contribution < 1.29 is 19.7 Å². The SMILES string of the molecule is COc1ccc2nccc([C@H](O)CC[C@@H]3CCN(CCCc4cncn4C)C[C@H]3CCC(=O)O)c2c1. The Morgan fingerprint density at radius 1 is 1.25 bits per heavy atom. The Morgan fingerprint density at radius 2 is 2.11 bits per heavy atom. The molecular weight excluding hydrogens is 456 g/mol. The Morgan fingerprint density at radius 3 is 2.86 bits per heavy atom. The van der Waals surface area contributed by atoms with Gasteiger partial charge in [-0.2, -0.15) is 0 Å². The van der Waals surface area contributed by atoms with E-state index in [2.05, 4.69) is 19.4 Å². The first kappa shape index (κ1) is 26.1. The molecule has 2 N–H and O–H groups in total. The second-order valence-electron chi connectivity index (χ2n) is 10.0. The standard InChI is InChI=1S/C28H38N4O4/c1-31-19-29-17-22(31)4-3-14-32-15-12-20(21(18-32)6-10-28(34)35)5-9-27(33)24-11-13-30-26-8-7-23(36-2)16-25(24)26/h7-8,11,13,16-17,19-21,27,33H,3-6,9-10,12,14-15,18H2,1-2H3,(H,34,35)/t20-,21-,27-/m1/s1. The van der Waals surface area contributed by atoms with Crippen LogP contribution in [0.5, 0.6) is 5.75 Å². The molecule has 3 heterocycles. The number of methoxy groups -OCH3 is 1. The molecule has 1 aromatic carbocycles. The Bertz CT molecular complexity index is 1150. The number of nitrogens with zero attached hydrogens (tertiary/aromatic N) is 4. The summed E-state index contributed by atoms with van der Waals surface area (Å²) >= 11 is 0. The molecule has 2 aromatic heterocycles. The Hall–Kier alpha value is -2.97. The van der Waals surface area contributed by atoms with Crippen LogP contribution in [0.15, 0.2) is 43.0 Å². The Balaban J connectivity index is 1.36. The van der Waals surface area contributed by atoms with Crippen LogP contribution < -0.4 is 4.74 Å². The summed E-state index contributed by atoms with van der Waals surface area (Å²) in [6.07, 6.45) is 10.4. The van der Waals surface area contributed by atoms with E-state index in [1.165, 1.54) is 5.69 Å². The molecule has 4 rings (SSSR count). The number of rotatable bonds is 12. The van der Waals surface area contributed by atoms with Crippen molar-refractivity contribution in [3.05, 3.63) is 54.2 Å². The molecule has 0 saturated carbocycles. The van der Waals surface area contributed by atoms with Gasteiger partial charge in [-0.1, -0.05) is 0 Å². The van der Waals surface area contributed by atoms with Gasteiger partial charge in [-0.3, -0.25) is 9.78 Å². The second kappa shape index (κ2) is 12.3. The normalized spacial score (nSPS) is 19.4. The number of carboxylic acid groups (broad SMARTS) is 1. The third-order valence-electron chi connectivity index (χ3n) is 7.68. The van der Waals surface area contributed by atoms with Gasteiger partial charge in [-0.05, 0) is 93.3 Å². The summed E-state index contributed by atoms with van der Waals surface area (Å²) < 4.78 is 7.44. The summed E-state index contributed by atoms with van der Waals surface area (Å²) in [5.74, 6) is 0.746. The Kier molecular flexibility index (Phi) is 8.93. The number of aliphatic carboxylic acids is 1. The molecule has 3 aromatic rings. The van der Waals surface area contributed by atoms with Crippen LogP contribution in [0.3, 0.4) is 0 Å². The van der Waals surface area contributed by atoms with Crippen LogP contribution in [-0.2, 0) is 18.3 Å². The number of carbonyl (C=O) groups is 1. The first-order valence-electron chi connectivity index (χ1n) is 12.9. The van der Waals surface area contributed by atoms with Gasteiger partial charge in [-0.15, -0.1) is 0 Å². The number of aryl methyl sites for hydroxylation is 2. The van der Waals surface area contributed by atoms with E-state index in [4.69, 9.17) is 4.74 Å². The molecular formula is C28H38N4O4. The predicted molar refractivity (Wildman–Crippen MR) is 139 cm³/mol. The molecule has 1 saturated heterocycles. The molecule has 0 radical (unpaired) electrons. The first-order chi connectivity index (χ1) is 17.4. The fourth-order valence-electron chi connectivity index (χ4n) is 5.58. The summed E-state index contributed by atoms with van der Waals surface area (Å²) in [4.78, 5) is 22.4. The van der Waals surface area contributed by atoms with Crippen molar-refractivity contribution in [2.45, 2.75) is 51.0 Å². The lowest BCUT2D eigenvalue weighted by molar-refractivity contribution is -0.137. The monoisotopic (exact) mass is 494 g/mol. The summed E-state index contributed by atoms with van der Waals surface area (Å²) in [7, 11) is 3.66. The quantitative estimate of drug-likeness (QED) is 0.389. The maximum atomic E-state index is 11.3. The van der Waals surface area contributed by atoms with Crippen LogP contribution in [0.25, 0.3) is 10.9 Å². The third-order valence-corrected chi connectivity index (χ3v) is 7.68. The van der Waals surface area contributed by atoms with Gasteiger partial charge in [0, 0.05) is 43.5 Å². The van der Waals surface area contributed by atoms with E-state index >= 15 is 0 Å². The van der Waals surface area contributed by atoms with Gasteiger partial charge in [0.2, 0.25) is 0 Å². The van der Waals surface area contributed by atoms with Gasteiger partial charge in [0.05, 0.1) is 25.1 Å². The van der Waals surface area contributed by atoms with Crippen LogP contribution in [0.4, 0.5) is 0 Å². The number of ether oxygens (including phenoxy) is 1. The summed E-state index contributed by atoms with van der Waals surface area (Å²) in [6, 6.07) is 7.61. The topological polar surface area (TPSA) is 101 Å². The van der Waals surface area contributed by atoms with Crippen molar-refractivity contribution in [2.24, 2.45) is 18.9 Å². The molecule has 194 valence electrons. The molecule has 0 spiro atoms. The predicted octanol–water partition coefficient (Wildman–Crippen LogP) is 4.23. The fraction of sp³-hybridized carbons (Fsp3) is 0.536. The van der Waals surface area contributed by atoms with Crippen molar-refractivity contribution in [3.63, 3.8) is 0 Å². The van der Waals surface area contributed by atoms with Gasteiger partial charge in [0.1, 0.15) is 5.75 Å². The molecule has 36 heavy (non-hydrogen) atoms. The summed E-state index contributed by atoms with van der Waals surface area (Å²) in [6.45, 7) is 2.95. The van der Waals surface area contributed by atoms with Gasteiger partial charge in [0.25, 0.3) is 0 Å². The number of hydrogen-bond acceptors (Lipinski definition) is 6. The zero-order chi connectivity index (χ0) is 25.5. The number of aromatic nitrogens is 3. The highest BCUT2D eigenvalue weighted by molar-refractivity contribution is 5.83. The molecule has 1 aliphatic rings. The number of likely N-dealkylation sites (tertiary alicyclic amines) is 1. The molecule has 1 aliphatic heterocycles. The number of fused-ring (bicyclic) bond motifs is 1. The van der Waals surface area contributed by atoms with Crippen LogP contribution in [0.1, 0.15) is 55.9 Å². The Labute approximate surface area is 212 Å². The van der Waals surface area contributed by atoms with Crippen molar-refractivity contribution in [2.75, 3.05) is 26.7 Å². The van der Waals surface area contributed by atoms with Crippen molar-refractivity contribution >= 4 is 16.9 Å². The zero-order valence-electron chi connectivity index (χ0n) is 21.3. The fourth-order valence-corrected chi connectivity index (χ4v) is 5.58. The lowest BCUT2D eigenvalue weighted by atomic mass is 9.79. The summed E-state index contributed by atoms with van der Waals surface area (Å²) in [5.41, 5.74) is 2.95. The van der Waals surface area contributed by atoms with Gasteiger partial charge >= 0.3 is 5.97 Å². The minimum absolute atomic E-state index is 0.196. The maximum absolute atomic E-state index is 11.3. The smallest absolute Gasteiger partial charge is 0.303 e. The number of piperidine rings is 1. The van der Waals surface area contributed by atoms with Gasteiger partial charge < -0.3 is 24.4 Å². The molecule has 8 heteroatoms. The number of imidazole rings is 1. The first-order valence-corrected chi connectivity index (χ1v) is 12.9. The number of hydrogen-bond donors (Lipinski definition) is 2. The molecule has 0 unspecified atom stereocenters. The highest BCUT2D eigenvalue weighted by Gasteiger charge is 2.30. The van der Waals surface area contributed by atoms with Gasteiger partial charge in [-0.25, -0.2) is 4.98 Å². The van der Waals surface area contributed by atoms with E-state index < -0.39 is 12.1 Å². The third kappa shape index (κ3) is 6.62. The zero-order valence-corrected chi connectivity index (χ0v) is 21.3. The van der Waals surface area contributed by atoms with Crippen molar-refractivity contribution in [1.29, 1.82) is 0 Å². The van der Waals surface area contributed by atoms with Crippen LogP contribution >= 0.6 is 0 Å². The van der Waals surface area contributed by atoms with E-state index in [0.29, 0.717) is 24.7 Å².